The quantitative estimate of drug-likeness (QED) is 0.463. The van der Waals surface area contributed by atoms with Gasteiger partial charge in [0.05, 0.1) is 0 Å². The Kier molecular flexibility index (Phi) is 3.95. The van der Waals surface area contributed by atoms with E-state index in [1.807, 2.05) is 0 Å². The predicted octanol–water partition coefficient (Wildman–Crippen LogP) is 1.57. The first-order valence-electron chi connectivity index (χ1n) is 3.80. The molecule has 10 heavy (non-hydrogen) atoms. The maximum absolute atomic E-state index is 5.89. The molecule has 0 spiro atoms. The molecule has 1 heterocycles. The van der Waals surface area contributed by atoms with Gasteiger partial charge in [-0.3, -0.25) is 0 Å². The summed E-state index contributed by atoms with van der Waals surface area (Å²) >= 11 is -0.889. The zero-order valence-corrected chi connectivity index (χ0v) is 8.63. The van der Waals surface area contributed by atoms with E-state index in [1.165, 1.54) is 21.7 Å². The first-order valence-corrected chi connectivity index (χ1v) is 8.10. The van der Waals surface area contributed by atoms with Crippen LogP contribution in [0.1, 0.15) is 19.8 Å². The number of rotatable bonds is 2. The third-order valence-electron chi connectivity index (χ3n) is 1.75. The van der Waals surface area contributed by atoms with Crippen molar-refractivity contribution in [3.63, 3.8) is 0 Å². The van der Waals surface area contributed by atoms with Crippen LogP contribution in [0, 0.1) is 0 Å². The molecule has 3 heteroatoms. The van der Waals surface area contributed by atoms with Gasteiger partial charge in [0.1, 0.15) is 0 Å². The zero-order chi connectivity index (χ0) is 7.40. The van der Waals surface area contributed by atoms with Crippen molar-refractivity contribution in [1.82, 2.24) is 0 Å². The number of alkyl halides is 2. The van der Waals surface area contributed by atoms with Gasteiger partial charge in [0.25, 0.3) is 0 Å². The van der Waals surface area contributed by atoms with Crippen LogP contribution in [0.2, 0.25) is 0 Å². The van der Waals surface area contributed by atoms with Crippen molar-refractivity contribution in [1.29, 1.82) is 0 Å². The summed E-state index contributed by atoms with van der Waals surface area (Å²) in [5.74, 6) is 0. The molecule has 0 aromatic carbocycles. The predicted molar refractivity (Wildman–Crippen MR) is 52.6 cm³/mol. The van der Waals surface area contributed by atoms with Crippen molar-refractivity contribution >= 4 is 20.1 Å². The van der Waals surface area contributed by atoms with E-state index in [2.05, 4.69) is 6.92 Å². The van der Waals surface area contributed by atoms with Crippen molar-refractivity contribution in [2.45, 2.75) is 25.9 Å². The molecule has 1 rings (SSSR count). The number of hydrogen-bond donors (Lipinski definition) is 1. The number of ether oxygens (including phenoxy) is 1. The second-order valence-electron chi connectivity index (χ2n) is 2.53. The molecule has 0 aliphatic carbocycles. The average molecular weight is 257 g/mol. The van der Waals surface area contributed by atoms with E-state index in [-0.39, 0.29) is 0 Å². The van der Waals surface area contributed by atoms with E-state index in [1.54, 1.807) is 0 Å². The Morgan fingerprint density at radius 1 is 1.50 bits per heavy atom. The van der Waals surface area contributed by atoms with Gasteiger partial charge in [0, 0.05) is 0 Å². The molecule has 1 aliphatic rings. The Morgan fingerprint density at radius 2 is 2.10 bits per heavy atom. The Bertz CT molecular complexity index is 91.6. The van der Waals surface area contributed by atoms with Crippen molar-refractivity contribution < 1.29 is 4.74 Å². The van der Waals surface area contributed by atoms with Crippen LogP contribution in [0.4, 0.5) is 0 Å². The van der Waals surface area contributed by atoms with Crippen LogP contribution in [-0.4, -0.2) is 21.6 Å². The molecule has 0 saturated carbocycles. The Labute approximate surface area is 70.2 Å². The van der Waals surface area contributed by atoms with Crippen LogP contribution >= 0.6 is 20.1 Å². The Balaban J connectivity index is 2.13. The van der Waals surface area contributed by atoms with E-state index in [9.17, 15) is 0 Å². The van der Waals surface area contributed by atoms with Gasteiger partial charge in [0.2, 0.25) is 0 Å². The number of hydrogen-bond acceptors (Lipinski definition) is 2. The topological polar surface area (TPSA) is 35.2 Å². The van der Waals surface area contributed by atoms with Crippen molar-refractivity contribution in [3.8, 4) is 0 Å². The molecule has 0 radical (unpaired) electrons. The van der Waals surface area contributed by atoms with Gasteiger partial charge < -0.3 is 0 Å². The Morgan fingerprint density at radius 3 is 2.60 bits per heavy atom. The average Bonchev–Trinajstić information content (AvgIpc) is 1.95. The van der Waals surface area contributed by atoms with E-state index < -0.39 is 20.1 Å². The minimum absolute atomic E-state index is 0.544. The summed E-state index contributed by atoms with van der Waals surface area (Å²) in [6, 6.07) is 0. The molecule has 2 N–H and O–H groups in total. The van der Waals surface area contributed by atoms with E-state index >= 15 is 0 Å². The van der Waals surface area contributed by atoms with Crippen molar-refractivity contribution in [3.05, 3.63) is 0 Å². The van der Waals surface area contributed by atoms with Gasteiger partial charge in [-0.25, -0.2) is 0 Å². The second kappa shape index (κ2) is 4.51. The normalized spacial score (nSPS) is 25.2. The first-order chi connectivity index (χ1) is 4.83. The molecule has 0 aromatic rings. The van der Waals surface area contributed by atoms with Crippen LogP contribution in [0.3, 0.4) is 0 Å². The number of nitrogens with two attached hydrogens (primary N) is 1. The monoisotopic (exact) mass is 257 g/mol. The molecule has 0 amide bonds. The molecule has 1 aliphatic heterocycles. The molecule has 0 unspecified atom stereocenters. The standard InChI is InChI=1S/C7H16INO/c1-2-10-7-3-5-8(9)6-4-7/h7H,2-6,9H2,1H3. The van der Waals surface area contributed by atoms with Crippen molar-refractivity contribution in [2.24, 2.45) is 3.95 Å². The van der Waals surface area contributed by atoms with Crippen LogP contribution < -0.4 is 3.95 Å². The summed E-state index contributed by atoms with van der Waals surface area (Å²) in [7, 11) is 0. The van der Waals surface area contributed by atoms with Crippen LogP contribution in [-0.2, 0) is 4.74 Å². The van der Waals surface area contributed by atoms with Gasteiger partial charge in [-0.2, -0.15) is 0 Å². The summed E-state index contributed by atoms with van der Waals surface area (Å²) in [5, 5.41) is 0. The van der Waals surface area contributed by atoms with E-state index in [0.717, 1.165) is 6.61 Å². The zero-order valence-electron chi connectivity index (χ0n) is 6.48. The molecule has 0 atom stereocenters. The van der Waals surface area contributed by atoms with Gasteiger partial charge in [-0.15, -0.1) is 0 Å². The summed E-state index contributed by atoms with van der Waals surface area (Å²) in [6.45, 7) is 2.93. The molecular weight excluding hydrogens is 241 g/mol. The minimum atomic E-state index is -0.889. The fraction of sp³-hybridized carbons (Fsp3) is 1.00. The summed E-state index contributed by atoms with van der Waals surface area (Å²) < 4.78 is 14.0. The third kappa shape index (κ3) is 2.72. The van der Waals surface area contributed by atoms with Crippen molar-refractivity contribution in [2.75, 3.05) is 15.5 Å². The SMILES string of the molecule is CCOC1CCI(N)CC1. The van der Waals surface area contributed by atoms with Crippen LogP contribution in [0.5, 0.6) is 0 Å². The molecule has 2 nitrogen and oxygen atoms in total. The van der Waals surface area contributed by atoms with Gasteiger partial charge in [-0.1, -0.05) is 0 Å². The third-order valence-corrected chi connectivity index (χ3v) is 5.77. The fourth-order valence-electron chi connectivity index (χ4n) is 1.16. The Hall–Kier alpha value is 0.650. The first kappa shape index (κ1) is 8.74. The van der Waals surface area contributed by atoms with E-state index in [4.69, 9.17) is 8.68 Å². The number of halogens is 1. The molecule has 0 aromatic heterocycles. The molecule has 62 valence electrons. The summed E-state index contributed by atoms with van der Waals surface area (Å²) in [5.41, 5.74) is 0. The van der Waals surface area contributed by atoms with Gasteiger partial charge >= 0.3 is 70.1 Å². The molecular formula is C7H16INO. The molecule has 1 fully saturated rings. The molecule has 1 saturated heterocycles. The summed E-state index contributed by atoms with van der Waals surface area (Å²) in [6.07, 6.45) is 3.01. The van der Waals surface area contributed by atoms with Crippen LogP contribution in [0.25, 0.3) is 0 Å². The van der Waals surface area contributed by atoms with E-state index in [0.29, 0.717) is 6.10 Å². The molecule has 0 bridgehead atoms. The maximum atomic E-state index is 5.89. The fourth-order valence-corrected chi connectivity index (χ4v) is 4.69. The van der Waals surface area contributed by atoms with Crippen LogP contribution in [0.15, 0.2) is 0 Å². The summed E-state index contributed by atoms with van der Waals surface area (Å²) in [4.78, 5) is 0. The van der Waals surface area contributed by atoms with Gasteiger partial charge in [-0.05, 0) is 0 Å². The second-order valence-corrected chi connectivity index (χ2v) is 7.53. The van der Waals surface area contributed by atoms with Gasteiger partial charge in [0.15, 0.2) is 0 Å².